The molecule has 2 aromatic rings. The summed E-state index contributed by atoms with van der Waals surface area (Å²) in [5, 5.41) is 2.92. The maximum absolute atomic E-state index is 12.4. The highest BCUT2D eigenvalue weighted by Crippen LogP contribution is 2.36. The van der Waals surface area contributed by atoms with Crippen molar-refractivity contribution >= 4 is 17.3 Å². The summed E-state index contributed by atoms with van der Waals surface area (Å²) in [7, 11) is 1.68. The molecule has 1 atom stereocenters. The minimum absolute atomic E-state index is 0.0622. The molecule has 1 unspecified atom stereocenters. The lowest BCUT2D eigenvalue weighted by atomic mass is 10.2. The maximum atomic E-state index is 12.4. The molecular weight excluding hydrogens is 358 g/mol. The molecule has 5 rings (SSSR count). The van der Waals surface area contributed by atoms with Crippen LogP contribution in [0.15, 0.2) is 54.6 Å². The van der Waals surface area contributed by atoms with Gasteiger partial charge in [-0.3, -0.25) is 9.69 Å². The second-order valence-corrected chi connectivity index (χ2v) is 7.03. The van der Waals surface area contributed by atoms with Gasteiger partial charge in [0.15, 0.2) is 5.75 Å². The minimum Gasteiger partial charge on any atom is -0.491 e. The Bertz CT molecular complexity index is 801. The first-order valence-corrected chi connectivity index (χ1v) is 9.56. The van der Waals surface area contributed by atoms with E-state index in [1.807, 2.05) is 54.6 Å². The van der Waals surface area contributed by atoms with E-state index in [0.29, 0.717) is 4.65 Å². The van der Waals surface area contributed by atoms with Gasteiger partial charge >= 0.3 is 0 Å². The number of carbonyl (C=O) groups is 1. The molecule has 3 heterocycles. The summed E-state index contributed by atoms with van der Waals surface area (Å²) in [4.78, 5) is 20.9. The third-order valence-electron chi connectivity index (χ3n) is 5.41. The summed E-state index contributed by atoms with van der Waals surface area (Å²) in [6, 6.07) is 17.4. The number of piperazine rings is 1. The molecule has 2 bridgehead atoms. The standard InChI is InChI=1S/C21H25N3O4/c1-26-19-10-6-5-9-18(19)24-13-11-23(12-14-24)21(27-16-28-24)15-20(25)22-17-7-3-2-4-8-17/h2-10,21H,11-16H2,1H3/p+1. The van der Waals surface area contributed by atoms with Crippen LogP contribution in [-0.2, 0) is 14.4 Å². The smallest absolute Gasteiger partial charge is 0.228 e. The number of nitrogens with zero attached hydrogens (tertiary/aromatic N) is 2. The molecule has 1 amide bonds. The number of quaternary nitrogens is 1. The number of fused-ring (bicyclic) bond motifs is 5. The average molecular weight is 384 g/mol. The van der Waals surface area contributed by atoms with Crippen molar-refractivity contribution in [3.05, 3.63) is 54.6 Å². The highest BCUT2D eigenvalue weighted by Gasteiger charge is 2.44. The van der Waals surface area contributed by atoms with Crippen LogP contribution in [0.1, 0.15) is 6.42 Å². The van der Waals surface area contributed by atoms with Gasteiger partial charge in [0.25, 0.3) is 0 Å². The second-order valence-electron chi connectivity index (χ2n) is 7.03. The zero-order chi connectivity index (χ0) is 19.4. The highest BCUT2D eigenvalue weighted by molar-refractivity contribution is 5.90. The van der Waals surface area contributed by atoms with Gasteiger partial charge in [0.05, 0.1) is 26.6 Å². The maximum Gasteiger partial charge on any atom is 0.228 e. The molecule has 0 spiro atoms. The van der Waals surface area contributed by atoms with E-state index in [4.69, 9.17) is 14.3 Å². The van der Waals surface area contributed by atoms with Crippen molar-refractivity contribution in [3.8, 4) is 5.75 Å². The van der Waals surface area contributed by atoms with Gasteiger partial charge in [0, 0.05) is 11.8 Å². The zero-order valence-electron chi connectivity index (χ0n) is 16.0. The molecule has 7 heteroatoms. The monoisotopic (exact) mass is 384 g/mol. The Labute approximate surface area is 164 Å². The number of nitrogens with one attached hydrogen (secondary N) is 1. The molecule has 0 aliphatic carbocycles. The number of amides is 1. The number of hydrogen-bond acceptors (Lipinski definition) is 5. The summed E-state index contributed by atoms with van der Waals surface area (Å²) in [6.07, 6.45) is -0.0173. The molecule has 3 aliphatic heterocycles. The summed E-state index contributed by atoms with van der Waals surface area (Å²) < 4.78 is 11.9. The van der Waals surface area contributed by atoms with E-state index in [2.05, 4.69) is 10.2 Å². The number of hydrogen-bond donors (Lipinski definition) is 1. The Kier molecular flexibility index (Phi) is 5.59. The van der Waals surface area contributed by atoms with Gasteiger partial charge in [-0.2, -0.15) is 4.84 Å². The molecule has 1 N–H and O–H groups in total. The number of ether oxygens (including phenoxy) is 2. The predicted molar refractivity (Wildman–Crippen MR) is 107 cm³/mol. The summed E-state index contributed by atoms with van der Waals surface area (Å²) in [5.74, 6) is 0.753. The van der Waals surface area contributed by atoms with Crippen LogP contribution in [0.4, 0.5) is 11.4 Å². The SMILES string of the molecule is COc1ccccc1[N+]12CCN(CC1)C(CC(=O)Nc1ccccc1)OCO2. The molecule has 3 aliphatic rings. The fourth-order valence-electron chi connectivity index (χ4n) is 3.89. The quantitative estimate of drug-likeness (QED) is 0.803. The summed E-state index contributed by atoms with van der Waals surface area (Å²) in [6.45, 7) is 3.24. The largest absolute Gasteiger partial charge is 0.491 e. The molecular formula is C21H26N3O4+. The predicted octanol–water partition coefficient (Wildman–Crippen LogP) is 2.59. The molecule has 3 fully saturated rings. The molecule has 3 saturated heterocycles. The van der Waals surface area contributed by atoms with Crippen molar-refractivity contribution < 1.29 is 19.1 Å². The van der Waals surface area contributed by atoms with Crippen LogP contribution in [0.2, 0.25) is 0 Å². The topological polar surface area (TPSA) is 60.0 Å². The Morgan fingerprint density at radius 3 is 2.61 bits per heavy atom. The fraction of sp³-hybridized carbons (Fsp3) is 0.381. The van der Waals surface area contributed by atoms with Gasteiger partial charge in [-0.1, -0.05) is 30.3 Å². The zero-order valence-corrected chi connectivity index (χ0v) is 16.0. The van der Waals surface area contributed by atoms with E-state index in [0.717, 1.165) is 43.3 Å². The van der Waals surface area contributed by atoms with Crippen molar-refractivity contribution in [2.75, 3.05) is 45.4 Å². The van der Waals surface area contributed by atoms with E-state index in [9.17, 15) is 4.79 Å². The minimum atomic E-state index is -0.288. The third-order valence-corrected chi connectivity index (χ3v) is 5.41. The van der Waals surface area contributed by atoms with Crippen molar-refractivity contribution in [2.45, 2.75) is 12.6 Å². The van der Waals surface area contributed by atoms with Crippen LogP contribution in [-0.4, -0.2) is 57.1 Å². The van der Waals surface area contributed by atoms with E-state index < -0.39 is 0 Å². The average Bonchev–Trinajstić information content (AvgIpc) is 2.72. The number of carbonyl (C=O) groups excluding carboxylic acids is 1. The van der Waals surface area contributed by atoms with Gasteiger partial charge in [-0.15, -0.1) is 4.65 Å². The second kappa shape index (κ2) is 8.28. The Balaban J connectivity index is 1.42. The van der Waals surface area contributed by atoms with Crippen LogP contribution < -0.4 is 14.7 Å². The number of hydroxylamine groups is 2. The van der Waals surface area contributed by atoms with E-state index >= 15 is 0 Å². The van der Waals surface area contributed by atoms with Crippen molar-refractivity contribution in [2.24, 2.45) is 0 Å². The van der Waals surface area contributed by atoms with Gasteiger partial charge < -0.3 is 14.8 Å². The summed E-state index contributed by atoms with van der Waals surface area (Å²) >= 11 is 0. The van der Waals surface area contributed by atoms with Gasteiger partial charge in [-0.05, 0) is 18.2 Å². The van der Waals surface area contributed by atoms with Crippen molar-refractivity contribution in [1.82, 2.24) is 9.55 Å². The normalized spacial score (nSPS) is 26.9. The number of anilines is 1. The van der Waals surface area contributed by atoms with Crippen LogP contribution in [0, 0.1) is 0 Å². The molecule has 148 valence electrons. The Hall–Kier alpha value is -2.45. The van der Waals surface area contributed by atoms with E-state index in [1.54, 1.807) is 7.11 Å². The summed E-state index contributed by atoms with van der Waals surface area (Å²) in [5.41, 5.74) is 1.80. The van der Waals surface area contributed by atoms with Gasteiger partial charge in [0.2, 0.25) is 18.4 Å². The molecule has 7 nitrogen and oxygen atoms in total. The lowest BCUT2D eigenvalue weighted by Crippen LogP contribution is -2.65. The van der Waals surface area contributed by atoms with Gasteiger partial charge in [-0.25, -0.2) is 0 Å². The van der Waals surface area contributed by atoms with Crippen molar-refractivity contribution in [1.29, 1.82) is 0 Å². The molecule has 28 heavy (non-hydrogen) atoms. The van der Waals surface area contributed by atoms with Crippen LogP contribution in [0.3, 0.4) is 0 Å². The molecule has 0 aromatic heterocycles. The first-order chi connectivity index (χ1) is 13.7. The first-order valence-electron chi connectivity index (χ1n) is 9.56. The van der Waals surface area contributed by atoms with E-state index in [-0.39, 0.29) is 25.3 Å². The Morgan fingerprint density at radius 2 is 1.86 bits per heavy atom. The molecule has 0 radical (unpaired) electrons. The van der Waals surface area contributed by atoms with Crippen molar-refractivity contribution in [3.63, 3.8) is 0 Å². The van der Waals surface area contributed by atoms with Crippen LogP contribution in [0.25, 0.3) is 0 Å². The van der Waals surface area contributed by atoms with Crippen LogP contribution >= 0.6 is 0 Å². The Morgan fingerprint density at radius 1 is 1.14 bits per heavy atom. The first kappa shape index (κ1) is 18.9. The number of benzene rings is 2. The third kappa shape index (κ3) is 3.88. The van der Waals surface area contributed by atoms with Gasteiger partial charge in [0.1, 0.15) is 19.3 Å². The highest BCUT2D eigenvalue weighted by atomic mass is 16.8. The van der Waals surface area contributed by atoms with E-state index in [1.165, 1.54) is 0 Å². The number of methoxy groups -OCH3 is 1. The lowest BCUT2D eigenvalue weighted by molar-refractivity contribution is -0.284. The molecule has 2 aromatic carbocycles. The fourth-order valence-corrected chi connectivity index (χ4v) is 3.89. The number of para-hydroxylation sites is 3. The number of rotatable bonds is 5. The lowest BCUT2D eigenvalue weighted by Gasteiger charge is -2.46. The van der Waals surface area contributed by atoms with Crippen LogP contribution in [0.5, 0.6) is 5.75 Å². The molecule has 0 saturated carbocycles.